The van der Waals surface area contributed by atoms with Gasteiger partial charge in [0, 0.05) is 63.3 Å². The molecule has 0 radical (unpaired) electrons. The number of nitrogens with zero attached hydrogens (tertiary/aromatic N) is 3. The van der Waals surface area contributed by atoms with Gasteiger partial charge >= 0.3 is 0 Å². The lowest BCUT2D eigenvalue weighted by Crippen LogP contribution is -2.77. The van der Waals surface area contributed by atoms with Crippen LogP contribution in [0.1, 0.15) is 47.0 Å². The first kappa shape index (κ1) is 15.4. The van der Waals surface area contributed by atoms with Gasteiger partial charge in [0.2, 0.25) is 0 Å². The van der Waals surface area contributed by atoms with Crippen LogP contribution >= 0.6 is 0 Å². The first-order valence-corrected chi connectivity index (χ1v) is 9.59. The van der Waals surface area contributed by atoms with Crippen LogP contribution in [-0.2, 0) is 0 Å². The average molecular weight is 306 g/mol. The van der Waals surface area contributed by atoms with E-state index in [1.807, 2.05) is 0 Å². The molecule has 0 N–H and O–H groups in total. The highest BCUT2D eigenvalue weighted by Crippen LogP contribution is 2.52. The van der Waals surface area contributed by atoms with Crippen LogP contribution in [0.15, 0.2) is 0 Å². The van der Waals surface area contributed by atoms with E-state index in [0.29, 0.717) is 5.41 Å². The molecule has 22 heavy (non-hydrogen) atoms. The Hall–Kier alpha value is -0.120. The van der Waals surface area contributed by atoms with E-state index >= 15 is 0 Å². The van der Waals surface area contributed by atoms with Crippen LogP contribution in [0, 0.1) is 16.7 Å². The molecule has 0 amide bonds. The van der Waals surface area contributed by atoms with Crippen molar-refractivity contribution in [3.05, 3.63) is 0 Å². The Kier molecular flexibility index (Phi) is 3.63. The van der Waals surface area contributed by atoms with Crippen molar-refractivity contribution in [2.24, 2.45) is 16.7 Å². The zero-order valence-corrected chi connectivity index (χ0v) is 15.1. The predicted octanol–water partition coefficient (Wildman–Crippen LogP) is 2.52. The van der Waals surface area contributed by atoms with Crippen molar-refractivity contribution in [2.45, 2.75) is 59.0 Å². The molecule has 0 atom stereocenters. The molecule has 3 nitrogen and oxygen atoms in total. The zero-order chi connectivity index (χ0) is 15.5. The van der Waals surface area contributed by atoms with Crippen molar-refractivity contribution in [2.75, 3.05) is 45.8 Å². The van der Waals surface area contributed by atoms with Crippen molar-refractivity contribution in [3.63, 3.8) is 0 Å². The number of rotatable bonds is 6. The Labute approximate surface area is 137 Å². The van der Waals surface area contributed by atoms with Crippen LogP contribution in [-0.4, -0.2) is 72.6 Å². The van der Waals surface area contributed by atoms with Crippen LogP contribution in [0.25, 0.3) is 0 Å². The summed E-state index contributed by atoms with van der Waals surface area (Å²) in [6, 6.07) is 1.63. The average Bonchev–Trinajstić information content (AvgIpc) is 2.99. The molecule has 4 rings (SSSR count). The zero-order valence-electron chi connectivity index (χ0n) is 15.1. The molecule has 1 saturated carbocycles. The lowest BCUT2D eigenvalue weighted by atomic mass is 9.71. The van der Waals surface area contributed by atoms with Crippen LogP contribution in [0.2, 0.25) is 0 Å². The molecular weight excluding hydrogens is 270 g/mol. The van der Waals surface area contributed by atoms with E-state index in [1.54, 1.807) is 0 Å². The molecule has 3 saturated heterocycles. The van der Waals surface area contributed by atoms with Gasteiger partial charge in [-0.3, -0.25) is 14.7 Å². The molecule has 4 aliphatic rings. The van der Waals surface area contributed by atoms with E-state index in [2.05, 4.69) is 42.4 Å². The fourth-order valence-corrected chi connectivity index (χ4v) is 5.30. The Morgan fingerprint density at radius 1 is 0.955 bits per heavy atom. The second-order valence-electron chi connectivity index (χ2n) is 9.85. The summed E-state index contributed by atoms with van der Waals surface area (Å²) in [6.07, 6.45) is 4.43. The van der Waals surface area contributed by atoms with E-state index in [4.69, 9.17) is 0 Å². The summed E-state index contributed by atoms with van der Waals surface area (Å²) in [5.74, 6) is 0.873. The molecule has 3 heteroatoms. The molecule has 0 unspecified atom stereocenters. The van der Waals surface area contributed by atoms with Gasteiger partial charge in [0.1, 0.15) is 0 Å². The van der Waals surface area contributed by atoms with Crippen LogP contribution in [0.4, 0.5) is 0 Å². The lowest BCUT2D eigenvalue weighted by Gasteiger charge is -2.65. The molecule has 0 aromatic carbocycles. The molecule has 0 aromatic rings. The van der Waals surface area contributed by atoms with Gasteiger partial charge in [0.15, 0.2) is 0 Å². The molecule has 1 spiro atoms. The predicted molar refractivity (Wildman–Crippen MR) is 92.1 cm³/mol. The maximum atomic E-state index is 2.77. The van der Waals surface area contributed by atoms with Crippen molar-refractivity contribution in [1.82, 2.24) is 14.7 Å². The SMILES string of the molecule is CC(C)CC1(CN2CC(N3CC4(CN(C(C)C)C4)C3)C2)CC1. The minimum atomic E-state index is 0.694. The Morgan fingerprint density at radius 3 is 2.09 bits per heavy atom. The summed E-state index contributed by atoms with van der Waals surface area (Å²) in [6.45, 7) is 19.0. The molecule has 0 aromatic heterocycles. The molecule has 4 fully saturated rings. The monoisotopic (exact) mass is 305 g/mol. The molecule has 126 valence electrons. The van der Waals surface area contributed by atoms with Gasteiger partial charge in [-0.05, 0) is 44.4 Å². The standard InChI is InChI=1S/C19H35N3/c1-15(2)7-18(5-6-18)10-20-8-17(9-20)22-13-19(14-22)11-21(12-19)16(3)4/h15-17H,5-14H2,1-4H3. The fraction of sp³-hybridized carbons (Fsp3) is 1.00. The summed E-state index contributed by atoms with van der Waals surface area (Å²) in [7, 11) is 0. The second-order valence-corrected chi connectivity index (χ2v) is 9.85. The third-order valence-electron chi connectivity index (χ3n) is 6.70. The normalized spacial score (nSPS) is 31.4. The van der Waals surface area contributed by atoms with E-state index in [-0.39, 0.29) is 0 Å². The Balaban J connectivity index is 1.16. The van der Waals surface area contributed by atoms with Gasteiger partial charge in [-0.25, -0.2) is 0 Å². The summed E-state index contributed by atoms with van der Waals surface area (Å²) in [5, 5.41) is 0. The van der Waals surface area contributed by atoms with E-state index in [9.17, 15) is 0 Å². The summed E-state index contributed by atoms with van der Waals surface area (Å²) in [5.41, 5.74) is 1.42. The van der Waals surface area contributed by atoms with Gasteiger partial charge in [-0.2, -0.15) is 0 Å². The first-order valence-electron chi connectivity index (χ1n) is 9.59. The van der Waals surface area contributed by atoms with Crippen molar-refractivity contribution < 1.29 is 0 Å². The summed E-state index contributed by atoms with van der Waals surface area (Å²) >= 11 is 0. The number of hydrogen-bond donors (Lipinski definition) is 0. The molecule has 1 aliphatic carbocycles. The molecule has 3 aliphatic heterocycles. The first-order chi connectivity index (χ1) is 10.4. The van der Waals surface area contributed by atoms with Crippen molar-refractivity contribution in [3.8, 4) is 0 Å². The van der Waals surface area contributed by atoms with E-state index in [0.717, 1.165) is 23.4 Å². The van der Waals surface area contributed by atoms with Crippen molar-refractivity contribution >= 4 is 0 Å². The van der Waals surface area contributed by atoms with Gasteiger partial charge in [0.25, 0.3) is 0 Å². The van der Waals surface area contributed by atoms with Gasteiger partial charge in [-0.15, -0.1) is 0 Å². The third kappa shape index (κ3) is 2.74. The highest BCUT2D eigenvalue weighted by Gasteiger charge is 2.55. The fourth-order valence-electron chi connectivity index (χ4n) is 5.30. The van der Waals surface area contributed by atoms with Crippen molar-refractivity contribution in [1.29, 1.82) is 0 Å². The largest absolute Gasteiger partial charge is 0.300 e. The summed E-state index contributed by atoms with van der Waals surface area (Å²) < 4.78 is 0. The minimum Gasteiger partial charge on any atom is -0.300 e. The maximum absolute atomic E-state index is 2.77. The molecular formula is C19H35N3. The number of likely N-dealkylation sites (tertiary alicyclic amines) is 3. The topological polar surface area (TPSA) is 9.72 Å². The third-order valence-corrected chi connectivity index (χ3v) is 6.70. The quantitative estimate of drug-likeness (QED) is 0.746. The minimum absolute atomic E-state index is 0.694. The highest BCUT2D eigenvalue weighted by molar-refractivity contribution is 5.10. The van der Waals surface area contributed by atoms with Crippen LogP contribution in [0.5, 0.6) is 0 Å². The van der Waals surface area contributed by atoms with Crippen LogP contribution < -0.4 is 0 Å². The van der Waals surface area contributed by atoms with E-state index < -0.39 is 0 Å². The molecule has 3 heterocycles. The Morgan fingerprint density at radius 2 is 1.59 bits per heavy atom. The van der Waals surface area contributed by atoms with Gasteiger partial charge in [0.05, 0.1) is 0 Å². The number of hydrogen-bond acceptors (Lipinski definition) is 3. The van der Waals surface area contributed by atoms with Crippen LogP contribution in [0.3, 0.4) is 0 Å². The summed E-state index contributed by atoms with van der Waals surface area (Å²) in [4.78, 5) is 8.15. The van der Waals surface area contributed by atoms with E-state index in [1.165, 1.54) is 65.1 Å². The van der Waals surface area contributed by atoms with Gasteiger partial charge in [-0.1, -0.05) is 13.8 Å². The maximum Gasteiger partial charge on any atom is 0.0350 e. The Bertz CT molecular complexity index is 406. The van der Waals surface area contributed by atoms with Gasteiger partial charge < -0.3 is 0 Å². The highest BCUT2D eigenvalue weighted by atomic mass is 15.4. The smallest absolute Gasteiger partial charge is 0.0350 e. The second kappa shape index (κ2) is 5.19. The molecule has 0 bridgehead atoms. The lowest BCUT2D eigenvalue weighted by molar-refractivity contribution is -0.159.